The molecule has 98 valence electrons. The number of ether oxygens (including phenoxy) is 2. The van der Waals surface area contributed by atoms with Crippen LogP contribution in [0.4, 0.5) is 4.79 Å². The van der Waals surface area contributed by atoms with Crippen LogP contribution in [-0.2, 0) is 14.3 Å². The van der Waals surface area contributed by atoms with Crippen molar-refractivity contribution in [2.45, 2.75) is 39.1 Å². The Morgan fingerprint density at radius 1 is 1.35 bits per heavy atom. The fourth-order valence-corrected chi connectivity index (χ4v) is 0.886. The molecule has 1 aliphatic rings. The SMILES string of the molecule is [2H]C1([2H])N(C(=O)OC(C)(C)C)C([2H])([2H])C([2H])([2H])C([2H])(C(=O)OC)C1([2H])[2H]. The lowest BCUT2D eigenvalue weighted by Crippen LogP contribution is -2.43. The summed E-state index contributed by atoms with van der Waals surface area (Å²) in [5, 5.41) is 0. The van der Waals surface area contributed by atoms with Gasteiger partial charge < -0.3 is 14.4 Å². The molecule has 0 bridgehead atoms. The highest BCUT2D eigenvalue weighted by Crippen LogP contribution is 2.20. The van der Waals surface area contributed by atoms with Crippen LogP contribution < -0.4 is 0 Å². The second-order valence-corrected chi connectivity index (χ2v) is 4.16. The van der Waals surface area contributed by atoms with Crippen molar-refractivity contribution in [1.82, 2.24) is 4.90 Å². The molecule has 1 aliphatic heterocycles. The van der Waals surface area contributed by atoms with E-state index in [0.717, 1.165) is 7.11 Å². The van der Waals surface area contributed by atoms with Crippen molar-refractivity contribution in [1.29, 1.82) is 0 Å². The summed E-state index contributed by atoms with van der Waals surface area (Å²) >= 11 is 0. The molecule has 0 spiro atoms. The number of esters is 1. The van der Waals surface area contributed by atoms with Crippen LogP contribution in [0.2, 0.25) is 0 Å². The van der Waals surface area contributed by atoms with Gasteiger partial charge in [0.1, 0.15) is 5.60 Å². The number of piperidine rings is 1. The van der Waals surface area contributed by atoms with Crippen molar-refractivity contribution in [3.05, 3.63) is 0 Å². The molecule has 1 saturated heterocycles. The van der Waals surface area contributed by atoms with Gasteiger partial charge >= 0.3 is 12.1 Å². The fraction of sp³-hybridized carbons (Fsp3) is 0.833. The van der Waals surface area contributed by atoms with Gasteiger partial charge in [-0.25, -0.2) is 4.79 Å². The third kappa shape index (κ3) is 4.24. The van der Waals surface area contributed by atoms with Crippen LogP contribution in [0.15, 0.2) is 0 Å². The maximum Gasteiger partial charge on any atom is 0.410 e. The summed E-state index contributed by atoms with van der Waals surface area (Å²) in [6.45, 7) is -3.06. The predicted molar refractivity (Wildman–Crippen MR) is 62.5 cm³/mol. The number of hydrogen-bond donors (Lipinski definition) is 0. The molecule has 0 radical (unpaired) electrons. The van der Waals surface area contributed by atoms with Crippen LogP contribution >= 0.6 is 0 Å². The van der Waals surface area contributed by atoms with E-state index < -0.39 is 49.3 Å². The van der Waals surface area contributed by atoms with E-state index in [1.807, 2.05) is 0 Å². The molecule has 0 N–H and O–H groups in total. The van der Waals surface area contributed by atoms with Gasteiger partial charge in [0.05, 0.1) is 13.0 Å². The molecular weight excluding hydrogens is 222 g/mol. The Balaban J connectivity index is 3.77. The molecule has 1 rings (SSSR count). The normalized spacial score (nSPS) is 39.3. The summed E-state index contributed by atoms with van der Waals surface area (Å²) in [5.41, 5.74) is -1.22. The maximum absolute atomic E-state index is 12.4. The number of hydrogen-bond acceptors (Lipinski definition) is 4. The first-order chi connectivity index (χ1) is 11.2. The first-order valence-corrected chi connectivity index (χ1v) is 4.85. The predicted octanol–water partition coefficient (Wildman–Crippen LogP) is 1.81. The lowest BCUT2D eigenvalue weighted by atomic mass is 9.97. The highest BCUT2D eigenvalue weighted by atomic mass is 16.6. The highest BCUT2D eigenvalue weighted by Gasteiger charge is 2.30. The van der Waals surface area contributed by atoms with E-state index in [1.165, 1.54) is 20.8 Å². The lowest BCUT2D eigenvalue weighted by molar-refractivity contribution is -0.147. The molecule has 0 aromatic rings. The molecule has 0 unspecified atom stereocenters. The number of carbonyl (C=O) groups is 2. The Hall–Kier alpha value is -1.26. The van der Waals surface area contributed by atoms with Crippen LogP contribution in [-0.4, -0.2) is 42.7 Å². The molecule has 1 amide bonds. The number of rotatable bonds is 1. The molecule has 0 atom stereocenters. The third-order valence-electron chi connectivity index (χ3n) is 1.55. The van der Waals surface area contributed by atoms with Crippen LogP contribution in [0, 0.1) is 5.89 Å². The van der Waals surface area contributed by atoms with Crippen molar-refractivity contribution >= 4 is 12.1 Å². The fourth-order valence-electron chi connectivity index (χ4n) is 0.886. The molecule has 0 aromatic carbocycles. The molecule has 0 aliphatic carbocycles. The number of nitrogens with zero attached hydrogens (tertiary/aromatic N) is 1. The average molecular weight is 252 g/mol. The van der Waals surface area contributed by atoms with Crippen molar-refractivity contribution in [2.24, 2.45) is 5.89 Å². The van der Waals surface area contributed by atoms with Crippen molar-refractivity contribution in [3.8, 4) is 0 Å². The largest absolute Gasteiger partial charge is 0.469 e. The van der Waals surface area contributed by atoms with Crippen LogP contribution in [0.3, 0.4) is 0 Å². The minimum Gasteiger partial charge on any atom is -0.469 e. The minimum absolute atomic E-state index is 0.374. The Morgan fingerprint density at radius 2 is 1.88 bits per heavy atom. The van der Waals surface area contributed by atoms with Gasteiger partial charge in [-0.3, -0.25) is 4.79 Å². The first kappa shape index (κ1) is 5.59. The molecular formula is C12H21NO4. The monoisotopic (exact) mass is 252 g/mol. The van der Waals surface area contributed by atoms with Gasteiger partial charge in [-0.05, 0) is 33.5 Å². The number of amides is 1. The van der Waals surface area contributed by atoms with Crippen LogP contribution in [0.1, 0.15) is 45.9 Å². The molecule has 0 aromatic heterocycles. The van der Waals surface area contributed by atoms with Gasteiger partial charge in [-0.1, -0.05) is 0 Å². The zero-order valence-electron chi connectivity index (χ0n) is 19.1. The highest BCUT2D eigenvalue weighted by molar-refractivity contribution is 5.73. The smallest absolute Gasteiger partial charge is 0.410 e. The Morgan fingerprint density at radius 3 is 2.29 bits per heavy atom. The standard InChI is InChI=1S/C12H21NO4/c1-12(2,3)17-11(15)13-7-5-9(6-8-13)10(14)16-4/h9H,5-8H2,1-4H3/i5D2,6D2,7D2,8D2,9D. The summed E-state index contributed by atoms with van der Waals surface area (Å²) in [5.74, 6) is -5.47. The first-order valence-electron chi connectivity index (χ1n) is 9.35. The van der Waals surface area contributed by atoms with E-state index in [4.69, 9.17) is 17.1 Å². The van der Waals surface area contributed by atoms with Gasteiger partial charge in [-0.15, -0.1) is 0 Å². The molecule has 0 saturated carbocycles. The lowest BCUT2D eigenvalue weighted by Gasteiger charge is -2.32. The van der Waals surface area contributed by atoms with Crippen molar-refractivity contribution < 1.29 is 31.4 Å². The number of likely N-dealkylation sites (tertiary alicyclic amines) is 1. The van der Waals surface area contributed by atoms with Crippen molar-refractivity contribution in [2.75, 3.05) is 20.1 Å². The van der Waals surface area contributed by atoms with Gasteiger partial charge in [0.2, 0.25) is 0 Å². The summed E-state index contributed by atoms with van der Waals surface area (Å²) in [7, 11) is 0.732. The van der Waals surface area contributed by atoms with E-state index in [9.17, 15) is 9.59 Å². The third-order valence-corrected chi connectivity index (χ3v) is 1.55. The van der Waals surface area contributed by atoms with E-state index in [2.05, 4.69) is 4.74 Å². The number of methoxy groups -OCH3 is 1. The zero-order chi connectivity index (χ0) is 21.1. The van der Waals surface area contributed by atoms with Crippen LogP contribution in [0.5, 0.6) is 0 Å². The maximum atomic E-state index is 12.4. The van der Waals surface area contributed by atoms with E-state index in [0.29, 0.717) is 0 Å². The molecule has 17 heavy (non-hydrogen) atoms. The quantitative estimate of drug-likeness (QED) is 0.668. The van der Waals surface area contributed by atoms with Crippen molar-refractivity contribution in [3.63, 3.8) is 0 Å². The summed E-state index contributed by atoms with van der Waals surface area (Å²) < 4.78 is 80.9. The summed E-state index contributed by atoms with van der Waals surface area (Å²) in [6.07, 6.45) is -9.06. The van der Waals surface area contributed by atoms with Gasteiger partial charge in [0.25, 0.3) is 0 Å². The second kappa shape index (κ2) is 5.38. The average Bonchev–Trinajstić information content (AvgIpc) is 2.40. The molecule has 5 heteroatoms. The van der Waals surface area contributed by atoms with E-state index >= 15 is 0 Å². The Labute approximate surface area is 115 Å². The Bertz CT molecular complexity index is 586. The molecule has 1 heterocycles. The summed E-state index contributed by atoms with van der Waals surface area (Å²) in [4.78, 5) is 24.1. The topological polar surface area (TPSA) is 55.8 Å². The number of carbonyl (C=O) groups excluding carboxylic acids is 2. The molecule has 1 fully saturated rings. The Kier molecular flexibility index (Phi) is 1.77. The zero-order valence-corrected chi connectivity index (χ0v) is 10.1. The molecule has 5 nitrogen and oxygen atoms in total. The van der Waals surface area contributed by atoms with E-state index in [1.54, 1.807) is 0 Å². The summed E-state index contributed by atoms with van der Waals surface area (Å²) in [6, 6.07) is 0. The van der Waals surface area contributed by atoms with E-state index in [-0.39, 0.29) is 4.90 Å². The van der Waals surface area contributed by atoms with Gasteiger partial charge in [0, 0.05) is 25.3 Å². The van der Waals surface area contributed by atoms with Gasteiger partial charge in [0.15, 0.2) is 0 Å². The van der Waals surface area contributed by atoms with Crippen LogP contribution in [0.25, 0.3) is 0 Å². The second-order valence-electron chi connectivity index (χ2n) is 4.16. The van der Waals surface area contributed by atoms with Gasteiger partial charge in [-0.2, -0.15) is 0 Å². The minimum atomic E-state index is -3.70.